The molecule has 0 nitrogen and oxygen atoms in total. The van der Waals surface area contributed by atoms with Gasteiger partial charge in [0.15, 0.2) is 0 Å². The van der Waals surface area contributed by atoms with E-state index in [1.54, 1.807) is 28.7 Å². The van der Waals surface area contributed by atoms with Crippen molar-refractivity contribution in [2.75, 3.05) is 0 Å². The standard InChI is InChI=1S/C8H4Br2F3I/c9-3-4-1-2-5(14)6(7(4)10)8(11,12)13/h1-2H,3H2. The maximum atomic E-state index is 12.6. The molecule has 0 aliphatic carbocycles. The third-order valence-corrected chi connectivity index (χ3v) is 4.01. The molecule has 0 aromatic heterocycles. The van der Waals surface area contributed by atoms with Crippen molar-refractivity contribution < 1.29 is 13.2 Å². The van der Waals surface area contributed by atoms with Gasteiger partial charge in [-0.1, -0.05) is 22.0 Å². The summed E-state index contributed by atoms with van der Waals surface area (Å²) in [7, 11) is 0. The van der Waals surface area contributed by atoms with E-state index in [1.165, 1.54) is 6.07 Å². The van der Waals surface area contributed by atoms with E-state index >= 15 is 0 Å². The predicted octanol–water partition coefficient (Wildman–Crippen LogP) is 4.97. The first-order chi connectivity index (χ1) is 6.38. The summed E-state index contributed by atoms with van der Waals surface area (Å²) < 4.78 is 38.0. The van der Waals surface area contributed by atoms with Crippen molar-refractivity contribution in [1.29, 1.82) is 0 Å². The molecule has 0 aliphatic rings. The number of benzene rings is 1. The van der Waals surface area contributed by atoms with Crippen LogP contribution >= 0.6 is 54.5 Å². The van der Waals surface area contributed by atoms with Crippen LogP contribution in [-0.4, -0.2) is 0 Å². The van der Waals surface area contributed by atoms with Gasteiger partial charge in [0.05, 0.1) is 5.56 Å². The van der Waals surface area contributed by atoms with Gasteiger partial charge < -0.3 is 0 Å². The van der Waals surface area contributed by atoms with Crippen LogP contribution in [0.15, 0.2) is 16.6 Å². The normalized spacial score (nSPS) is 11.9. The lowest BCUT2D eigenvalue weighted by atomic mass is 10.1. The number of rotatable bonds is 1. The Bertz CT molecular complexity index is 349. The van der Waals surface area contributed by atoms with E-state index in [9.17, 15) is 13.2 Å². The minimum absolute atomic E-state index is 0.119. The van der Waals surface area contributed by atoms with Crippen LogP contribution in [0.3, 0.4) is 0 Å². The van der Waals surface area contributed by atoms with Gasteiger partial charge in [0.25, 0.3) is 0 Å². The third-order valence-electron chi connectivity index (χ3n) is 1.60. The second-order valence-electron chi connectivity index (χ2n) is 2.53. The summed E-state index contributed by atoms with van der Waals surface area (Å²) in [5, 5.41) is 0.396. The molecular formula is C8H4Br2F3I. The second-order valence-corrected chi connectivity index (χ2v) is 5.04. The molecule has 1 aromatic rings. The van der Waals surface area contributed by atoms with Crippen molar-refractivity contribution in [2.24, 2.45) is 0 Å². The average molecular weight is 444 g/mol. The number of hydrogen-bond acceptors (Lipinski definition) is 0. The van der Waals surface area contributed by atoms with Crippen LogP contribution in [0.5, 0.6) is 0 Å². The Balaban J connectivity index is 3.40. The molecule has 0 bridgehead atoms. The minimum Gasteiger partial charge on any atom is -0.166 e. The van der Waals surface area contributed by atoms with Crippen LogP contribution in [0.2, 0.25) is 0 Å². The number of halogens is 6. The summed E-state index contributed by atoms with van der Waals surface area (Å²) in [5.74, 6) is 0. The highest BCUT2D eigenvalue weighted by Crippen LogP contribution is 2.39. The van der Waals surface area contributed by atoms with Crippen molar-refractivity contribution in [3.8, 4) is 0 Å². The zero-order valence-corrected chi connectivity index (χ0v) is 12.0. The molecule has 6 heteroatoms. The largest absolute Gasteiger partial charge is 0.418 e. The molecule has 0 unspecified atom stereocenters. The predicted molar refractivity (Wildman–Crippen MR) is 64.5 cm³/mol. The molecule has 0 atom stereocenters. The van der Waals surface area contributed by atoms with Crippen molar-refractivity contribution in [3.05, 3.63) is 31.3 Å². The number of alkyl halides is 4. The first kappa shape index (κ1) is 12.8. The minimum atomic E-state index is -4.31. The average Bonchev–Trinajstić information content (AvgIpc) is 2.02. The Morgan fingerprint density at radius 2 is 1.86 bits per heavy atom. The maximum Gasteiger partial charge on any atom is 0.418 e. The van der Waals surface area contributed by atoms with Gasteiger partial charge in [0, 0.05) is 13.4 Å². The lowest BCUT2D eigenvalue weighted by Gasteiger charge is -2.13. The molecule has 0 N–H and O–H groups in total. The highest BCUT2D eigenvalue weighted by Gasteiger charge is 2.36. The Hall–Kier alpha value is 0.700. The van der Waals surface area contributed by atoms with E-state index in [0.29, 0.717) is 10.9 Å². The molecule has 0 saturated heterocycles. The summed E-state index contributed by atoms with van der Waals surface area (Å²) in [5.41, 5.74) is -0.00668. The highest BCUT2D eigenvalue weighted by molar-refractivity contribution is 14.1. The van der Waals surface area contributed by atoms with Gasteiger partial charge in [0.2, 0.25) is 0 Å². The van der Waals surface area contributed by atoms with E-state index in [4.69, 9.17) is 0 Å². The topological polar surface area (TPSA) is 0 Å². The molecule has 0 fully saturated rings. The van der Waals surface area contributed by atoms with E-state index in [-0.39, 0.29) is 8.04 Å². The van der Waals surface area contributed by atoms with E-state index in [1.807, 2.05) is 0 Å². The van der Waals surface area contributed by atoms with Gasteiger partial charge >= 0.3 is 6.18 Å². The van der Waals surface area contributed by atoms with Crippen LogP contribution in [0.1, 0.15) is 11.1 Å². The maximum absolute atomic E-state index is 12.6. The van der Waals surface area contributed by atoms with Gasteiger partial charge in [-0.25, -0.2) is 0 Å². The van der Waals surface area contributed by atoms with Crippen molar-refractivity contribution in [1.82, 2.24) is 0 Å². The van der Waals surface area contributed by atoms with Crippen LogP contribution in [0.4, 0.5) is 13.2 Å². The van der Waals surface area contributed by atoms with Crippen molar-refractivity contribution in [3.63, 3.8) is 0 Å². The smallest absolute Gasteiger partial charge is 0.166 e. The van der Waals surface area contributed by atoms with Crippen molar-refractivity contribution in [2.45, 2.75) is 11.5 Å². The zero-order chi connectivity index (χ0) is 10.9. The Labute approximate surface area is 110 Å². The lowest BCUT2D eigenvalue weighted by Crippen LogP contribution is -2.09. The molecule has 0 spiro atoms. The lowest BCUT2D eigenvalue weighted by molar-refractivity contribution is -0.138. The fraction of sp³-hybridized carbons (Fsp3) is 0.250. The first-order valence-electron chi connectivity index (χ1n) is 3.48. The van der Waals surface area contributed by atoms with E-state index < -0.39 is 11.7 Å². The van der Waals surface area contributed by atoms with E-state index in [2.05, 4.69) is 31.9 Å². The molecule has 1 rings (SSSR count). The second kappa shape index (κ2) is 4.69. The Morgan fingerprint density at radius 3 is 2.29 bits per heavy atom. The summed E-state index contributed by atoms with van der Waals surface area (Å²) >= 11 is 7.79. The third kappa shape index (κ3) is 2.63. The SMILES string of the molecule is FC(F)(F)c1c(I)ccc(CBr)c1Br. The van der Waals surface area contributed by atoms with Gasteiger partial charge in [-0.15, -0.1) is 0 Å². The molecule has 1 aromatic carbocycles. The van der Waals surface area contributed by atoms with Crippen LogP contribution < -0.4 is 0 Å². The van der Waals surface area contributed by atoms with Crippen LogP contribution in [-0.2, 0) is 11.5 Å². The fourth-order valence-electron chi connectivity index (χ4n) is 0.959. The fourth-order valence-corrected chi connectivity index (χ4v) is 3.64. The molecule has 0 aliphatic heterocycles. The number of hydrogen-bond donors (Lipinski definition) is 0. The molecular weight excluding hydrogens is 440 g/mol. The summed E-state index contributed by atoms with van der Waals surface area (Å²) in [6.45, 7) is 0. The summed E-state index contributed by atoms with van der Waals surface area (Å²) in [6.07, 6.45) is -4.31. The summed E-state index contributed by atoms with van der Waals surface area (Å²) in [6, 6.07) is 3.13. The molecule has 0 radical (unpaired) electrons. The molecule has 0 saturated carbocycles. The first-order valence-corrected chi connectivity index (χ1v) is 6.47. The van der Waals surface area contributed by atoms with Crippen LogP contribution in [0, 0.1) is 3.57 Å². The van der Waals surface area contributed by atoms with Gasteiger partial charge in [-0.05, 0) is 50.2 Å². The monoisotopic (exact) mass is 442 g/mol. The van der Waals surface area contributed by atoms with Crippen LogP contribution in [0.25, 0.3) is 0 Å². The quantitative estimate of drug-likeness (QED) is 0.425. The molecule has 78 valence electrons. The molecule has 0 heterocycles. The van der Waals surface area contributed by atoms with E-state index in [0.717, 1.165) is 0 Å². The zero-order valence-electron chi connectivity index (χ0n) is 6.63. The van der Waals surface area contributed by atoms with Gasteiger partial charge in [0.1, 0.15) is 0 Å². The molecule has 14 heavy (non-hydrogen) atoms. The van der Waals surface area contributed by atoms with Gasteiger partial charge in [-0.2, -0.15) is 13.2 Å². The highest BCUT2D eigenvalue weighted by atomic mass is 127. The van der Waals surface area contributed by atoms with Gasteiger partial charge in [-0.3, -0.25) is 0 Å². The molecule has 0 amide bonds. The Morgan fingerprint density at radius 1 is 1.29 bits per heavy atom. The summed E-state index contributed by atoms with van der Waals surface area (Å²) in [4.78, 5) is 0. The Kier molecular flexibility index (Phi) is 4.28. The van der Waals surface area contributed by atoms with Crippen molar-refractivity contribution >= 4 is 54.5 Å².